The smallest absolute Gasteiger partial charge is 0.373 e. The van der Waals surface area contributed by atoms with Gasteiger partial charge >= 0.3 is 5.97 Å². The molecule has 2 rings (SSSR count). The first kappa shape index (κ1) is 13.3. The second kappa shape index (κ2) is 5.24. The van der Waals surface area contributed by atoms with E-state index >= 15 is 0 Å². The van der Waals surface area contributed by atoms with Gasteiger partial charge in [0.15, 0.2) is 0 Å². The summed E-state index contributed by atoms with van der Waals surface area (Å²) in [6, 6.07) is 7.27. The quantitative estimate of drug-likeness (QED) is 0.866. The molecule has 2 aromatic rings. The van der Waals surface area contributed by atoms with Crippen molar-refractivity contribution in [2.45, 2.75) is 13.0 Å². The molecule has 0 aliphatic carbocycles. The lowest BCUT2D eigenvalue weighted by Gasteiger charge is -2.09. The SMILES string of the molecule is COC(=O)c1ccc(C(O)c2ccc(C)cc2F)o1. The Morgan fingerprint density at radius 1 is 1.37 bits per heavy atom. The summed E-state index contributed by atoms with van der Waals surface area (Å²) in [5.74, 6) is -1.13. The van der Waals surface area contributed by atoms with Crippen LogP contribution in [0.25, 0.3) is 0 Å². The van der Waals surface area contributed by atoms with Crippen molar-refractivity contribution in [1.29, 1.82) is 0 Å². The number of carbonyl (C=O) groups is 1. The summed E-state index contributed by atoms with van der Waals surface area (Å²) in [5, 5.41) is 10.0. The van der Waals surface area contributed by atoms with E-state index in [-0.39, 0.29) is 17.1 Å². The molecule has 0 saturated carbocycles. The van der Waals surface area contributed by atoms with E-state index in [2.05, 4.69) is 4.74 Å². The third-order valence-electron chi connectivity index (χ3n) is 2.73. The number of furan rings is 1. The van der Waals surface area contributed by atoms with Gasteiger partial charge in [-0.25, -0.2) is 9.18 Å². The van der Waals surface area contributed by atoms with Crippen LogP contribution in [-0.2, 0) is 4.74 Å². The first-order chi connectivity index (χ1) is 9.02. The highest BCUT2D eigenvalue weighted by molar-refractivity contribution is 5.86. The number of benzene rings is 1. The Bertz CT molecular complexity index is 603. The van der Waals surface area contributed by atoms with Crippen molar-refractivity contribution in [2.24, 2.45) is 0 Å². The van der Waals surface area contributed by atoms with E-state index in [4.69, 9.17) is 4.42 Å². The van der Waals surface area contributed by atoms with Crippen molar-refractivity contribution >= 4 is 5.97 Å². The zero-order chi connectivity index (χ0) is 14.0. The summed E-state index contributed by atoms with van der Waals surface area (Å²) >= 11 is 0. The summed E-state index contributed by atoms with van der Waals surface area (Å²) in [6.07, 6.45) is -1.26. The fourth-order valence-corrected chi connectivity index (χ4v) is 1.72. The van der Waals surface area contributed by atoms with Crippen LogP contribution in [0.2, 0.25) is 0 Å². The van der Waals surface area contributed by atoms with E-state index < -0.39 is 17.9 Å². The van der Waals surface area contributed by atoms with E-state index in [1.807, 2.05) is 0 Å². The Balaban J connectivity index is 2.31. The average molecular weight is 264 g/mol. The molecule has 0 radical (unpaired) electrons. The second-order valence-corrected chi connectivity index (χ2v) is 4.12. The number of rotatable bonds is 3. The number of methoxy groups -OCH3 is 1. The summed E-state index contributed by atoms with van der Waals surface area (Å²) in [5.41, 5.74) is 0.847. The molecule has 0 aliphatic rings. The van der Waals surface area contributed by atoms with Crippen molar-refractivity contribution in [1.82, 2.24) is 0 Å². The third-order valence-corrected chi connectivity index (χ3v) is 2.73. The Kier molecular flexibility index (Phi) is 3.66. The van der Waals surface area contributed by atoms with Gasteiger partial charge in [-0.1, -0.05) is 12.1 Å². The Morgan fingerprint density at radius 3 is 2.74 bits per heavy atom. The zero-order valence-corrected chi connectivity index (χ0v) is 10.5. The van der Waals surface area contributed by atoms with Crippen LogP contribution in [-0.4, -0.2) is 18.2 Å². The van der Waals surface area contributed by atoms with Crippen molar-refractivity contribution in [3.63, 3.8) is 0 Å². The topological polar surface area (TPSA) is 59.7 Å². The minimum Gasteiger partial charge on any atom is -0.463 e. The first-order valence-corrected chi connectivity index (χ1v) is 5.65. The number of aliphatic hydroxyl groups is 1. The molecule has 4 nitrogen and oxygen atoms in total. The predicted octanol–water partition coefficient (Wildman–Crippen LogP) is 2.60. The molecular weight excluding hydrogens is 251 g/mol. The maximum absolute atomic E-state index is 13.7. The summed E-state index contributed by atoms with van der Waals surface area (Å²) in [6.45, 7) is 1.75. The van der Waals surface area contributed by atoms with Crippen LogP contribution in [0, 0.1) is 12.7 Å². The van der Waals surface area contributed by atoms with Crippen molar-refractivity contribution in [3.05, 3.63) is 58.8 Å². The maximum Gasteiger partial charge on any atom is 0.373 e. The number of hydrogen-bond donors (Lipinski definition) is 1. The lowest BCUT2D eigenvalue weighted by atomic mass is 10.0. The Morgan fingerprint density at radius 2 is 2.11 bits per heavy atom. The van der Waals surface area contributed by atoms with E-state index in [1.165, 1.54) is 31.4 Å². The largest absolute Gasteiger partial charge is 0.463 e. The van der Waals surface area contributed by atoms with Crippen molar-refractivity contribution in [3.8, 4) is 0 Å². The van der Waals surface area contributed by atoms with Crippen LogP contribution in [0.5, 0.6) is 0 Å². The van der Waals surface area contributed by atoms with E-state index in [1.54, 1.807) is 13.0 Å². The minimum atomic E-state index is -1.26. The van der Waals surface area contributed by atoms with Gasteiger partial charge in [-0.2, -0.15) is 0 Å². The standard InChI is InChI=1S/C14H13FO4/c1-8-3-4-9(10(15)7-8)13(16)11-5-6-12(19-11)14(17)18-2/h3-7,13,16H,1-2H3. The van der Waals surface area contributed by atoms with E-state index in [0.717, 1.165) is 5.56 Å². The molecule has 1 aromatic heterocycles. The monoisotopic (exact) mass is 264 g/mol. The van der Waals surface area contributed by atoms with Crippen molar-refractivity contribution < 1.29 is 23.4 Å². The molecule has 0 spiro atoms. The highest BCUT2D eigenvalue weighted by atomic mass is 19.1. The molecule has 0 saturated heterocycles. The van der Waals surface area contributed by atoms with Crippen LogP contribution in [0.15, 0.2) is 34.7 Å². The highest BCUT2D eigenvalue weighted by Crippen LogP contribution is 2.26. The van der Waals surface area contributed by atoms with Gasteiger partial charge in [0.25, 0.3) is 0 Å². The lowest BCUT2D eigenvalue weighted by molar-refractivity contribution is 0.0558. The molecule has 0 amide bonds. The zero-order valence-electron chi connectivity index (χ0n) is 10.5. The molecule has 1 N–H and O–H groups in total. The van der Waals surface area contributed by atoms with Crippen LogP contribution in [0.3, 0.4) is 0 Å². The van der Waals surface area contributed by atoms with Crippen LogP contribution in [0.1, 0.15) is 33.5 Å². The highest BCUT2D eigenvalue weighted by Gasteiger charge is 2.20. The number of carbonyl (C=O) groups excluding carboxylic acids is 1. The van der Waals surface area contributed by atoms with Gasteiger partial charge in [-0.3, -0.25) is 0 Å². The molecule has 0 aliphatic heterocycles. The summed E-state index contributed by atoms with van der Waals surface area (Å²) in [7, 11) is 1.22. The van der Waals surface area contributed by atoms with Crippen LogP contribution >= 0.6 is 0 Å². The van der Waals surface area contributed by atoms with Crippen LogP contribution in [0.4, 0.5) is 4.39 Å². The van der Waals surface area contributed by atoms with Gasteiger partial charge in [0, 0.05) is 5.56 Å². The number of hydrogen-bond acceptors (Lipinski definition) is 4. The molecule has 19 heavy (non-hydrogen) atoms. The lowest BCUT2D eigenvalue weighted by Crippen LogP contribution is -2.02. The van der Waals surface area contributed by atoms with Gasteiger partial charge in [-0.05, 0) is 30.7 Å². The number of halogens is 1. The predicted molar refractivity (Wildman–Crippen MR) is 65.2 cm³/mol. The fraction of sp³-hybridized carbons (Fsp3) is 0.214. The van der Waals surface area contributed by atoms with Gasteiger partial charge in [0.1, 0.15) is 17.7 Å². The number of esters is 1. The molecule has 1 atom stereocenters. The van der Waals surface area contributed by atoms with Gasteiger partial charge < -0.3 is 14.3 Å². The molecule has 1 aromatic carbocycles. The fourth-order valence-electron chi connectivity index (χ4n) is 1.72. The first-order valence-electron chi connectivity index (χ1n) is 5.65. The summed E-state index contributed by atoms with van der Waals surface area (Å²) < 4.78 is 23.4. The Labute approximate surface area is 109 Å². The molecule has 1 heterocycles. The average Bonchev–Trinajstić information content (AvgIpc) is 2.86. The van der Waals surface area contributed by atoms with Gasteiger partial charge in [-0.15, -0.1) is 0 Å². The minimum absolute atomic E-state index is 0.0379. The van der Waals surface area contributed by atoms with Crippen LogP contribution < -0.4 is 0 Å². The number of aryl methyl sites for hydroxylation is 1. The summed E-state index contributed by atoms with van der Waals surface area (Å²) in [4.78, 5) is 11.2. The normalized spacial score (nSPS) is 12.2. The number of ether oxygens (including phenoxy) is 1. The van der Waals surface area contributed by atoms with Crippen molar-refractivity contribution in [2.75, 3.05) is 7.11 Å². The second-order valence-electron chi connectivity index (χ2n) is 4.12. The molecule has 0 fully saturated rings. The van der Waals surface area contributed by atoms with E-state index in [0.29, 0.717) is 0 Å². The van der Waals surface area contributed by atoms with E-state index in [9.17, 15) is 14.3 Å². The molecule has 100 valence electrons. The molecule has 5 heteroatoms. The number of aliphatic hydroxyl groups excluding tert-OH is 1. The third kappa shape index (κ3) is 2.66. The molecule has 1 unspecified atom stereocenters. The Hall–Kier alpha value is -2.14. The van der Waals surface area contributed by atoms with Gasteiger partial charge in [0.2, 0.25) is 5.76 Å². The molecule has 0 bridgehead atoms. The maximum atomic E-state index is 13.7. The molecular formula is C14H13FO4. The van der Waals surface area contributed by atoms with Gasteiger partial charge in [0.05, 0.1) is 7.11 Å².